The predicted molar refractivity (Wildman–Crippen MR) is 86.5 cm³/mol. The Balaban J connectivity index is 2.02. The lowest BCUT2D eigenvalue weighted by atomic mass is 9.76. The van der Waals surface area contributed by atoms with Crippen LogP contribution in [0, 0.1) is 11.3 Å². The number of nitrogens with one attached hydrogen (secondary N) is 2. The Hall–Kier alpha value is -1.01. The van der Waals surface area contributed by atoms with Crippen molar-refractivity contribution in [2.24, 2.45) is 11.3 Å². The number of carbonyl (C=O) groups excluding carboxylic acids is 1. The van der Waals surface area contributed by atoms with Crippen molar-refractivity contribution in [3.8, 4) is 0 Å². The quantitative estimate of drug-likeness (QED) is 0.848. The summed E-state index contributed by atoms with van der Waals surface area (Å²) in [7, 11) is 0. The van der Waals surface area contributed by atoms with Gasteiger partial charge in [0.15, 0.2) is 0 Å². The molecule has 6 heteroatoms. The zero-order chi connectivity index (χ0) is 15.3. The van der Waals surface area contributed by atoms with Crippen molar-refractivity contribution >= 4 is 22.4 Å². The molecule has 0 aliphatic carbocycles. The fourth-order valence-corrected chi connectivity index (χ4v) is 3.88. The van der Waals surface area contributed by atoms with Gasteiger partial charge in [0.25, 0.3) is 0 Å². The first-order chi connectivity index (χ1) is 10.1. The number of amides is 1. The highest BCUT2D eigenvalue weighted by Crippen LogP contribution is 2.33. The van der Waals surface area contributed by atoms with Crippen molar-refractivity contribution in [1.29, 1.82) is 0 Å². The zero-order valence-corrected chi connectivity index (χ0v) is 14.1. The minimum atomic E-state index is -0.281. The number of anilines is 1. The van der Waals surface area contributed by atoms with Crippen molar-refractivity contribution in [3.05, 3.63) is 5.01 Å². The van der Waals surface area contributed by atoms with Crippen LogP contribution >= 0.6 is 11.3 Å². The molecule has 0 radical (unpaired) electrons. The molecular formula is C15H26N4OS. The standard InChI is InChI=1S/C15H26N4OS/c1-4-6-15(7-5-8-16-10-15)13(20)17-14-19-18-12(21-14)9-11(2)3/h11,16H,4-10H2,1-3H3,(H,17,19,20). The van der Waals surface area contributed by atoms with Gasteiger partial charge in [0.1, 0.15) is 5.01 Å². The summed E-state index contributed by atoms with van der Waals surface area (Å²) in [5.74, 6) is 0.652. The number of piperidine rings is 1. The molecule has 1 aromatic heterocycles. The second-order valence-corrected chi connectivity index (χ2v) is 7.43. The van der Waals surface area contributed by atoms with Gasteiger partial charge >= 0.3 is 0 Å². The molecule has 118 valence electrons. The summed E-state index contributed by atoms with van der Waals surface area (Å²) < 4.78 is 0. The summed E-state index contributed by atoms with van der Waals surface area (Å²) in [6.07, 6.45) is 4.86. The number of rotatable bonds is 6. The molecule has 1 saturated heterocycles. The monoisotopic (exact) mass is 310 g/mol. The summed E-state index contributed by atoms with van der Waals surface area (Å²) in [6.45, 7) is 8.23. The molecule has 0 saturated carbocycles. The van der Waals surface area contributed by atoms with Crippen LogP contribution in [-0.4, -0.2) is 29.2 Å². The first-order valence-corrected chi connectivity index (χ1v) is 8.72. The van der Waals surface area contributed by atoms with E-state index in [0.717, 1.165) is 50.2 Å². The highest BCUT2D eigenvalue weighted by molar-refractivity contribution is 7.15. The molecular weight excluding hydrogens is 284 g/mol. The van der Waals surface area contributed by atoms with E-state index >= 15 is 0 Å². The molecule has 2 heterocycles. The predicted octanol–water partition coefficient (Wildman–Crippen LogP) is 2.85. The van der Waals surface area contributed by atoms with Crippen LogP contribution in [0.15, 0.2) is 0 Å². The van der Waals surface area contributed by atoms with Gasteiger partial charge in [-0.2, -0.15) is 0 Å². The lowest BCUT2D eigenvalue weighted by molar-refractivity contribution is -0.127. The first kappa shape index (κ1) is 16.4. The van der Waals surface area contributed by atoms with Gasteiger partial charge in [-0.3, -0.25) is 10.1 Å². The minimum Gasteiger partial charge on any atom is -0.316 e. The Morgan fingerprint density at radius 2 is 2.29 bits per heavy atom. The zero-order valence-electron chi connectivity index (χ0n) is 13.2. The molecule has 1 amide bonds. The smallest absolute Gasteiger partial charge is 0.233 e. The summed E-state index contributed by atoms with van der Waals surface area (Å²) >= 11 is 1.50. The number of hydrogen-bond acceptors (Lipinski definition) is 5. The Morgan fingerprint density at radius 3 is 2.90 bits per heavy atom. The van der Waals surface area contributed by atoms with Gasteiger partial charge in [0.05, 0.1) is 5.41 Å². The summed E-state index contributed by atoms with van der Waals surface area (Å²) in [4.78, 5) is 12.7. The molecule has 21 heavy (non-hydrogen) atoms. The third-order valence-electron chi connectivity index (χ3n) is 3.95. The lowest BCUT2D eigenvalue weighted by Crippen LogP contribution is -2.48. The highest BCUT2D eigenvalue weighted by atomic mass is 32.1. The van der Waals surface area contributed by atoms with E-state index < -0.39 is 0 Å². The van der Waals surface area contributed by atoms with Crippen LogP contribution in [0.5, 0.6) is 0 Å². The van der Waals surface area contributed by atoms with Crippen LogP contribution in [-0.2, 0) is 11.2 Å². The molecule has 1 aliphatic rings. The molecule has 2 N–H and O–H groups in total. The largest absolute Gasteiger partial charge is 0.316 e. The molecule has 0 spiro atoms. The molecule has 1 aromatic rings. The van der Waals surface area contributed by atoms with E-state index in [9.17, 15) is 4.79 Å². The molecule has 1 fully saturated rings. The fourth-order valence-electron chi connectivity index (χ4n) is 2.93. The van der Waals surface area contributed by atoms with E-state index in [0.29, 0.717) is 11.0 Å². The van der Waals surface area contributed by atoms with Crippen molar-refractivity contribution < 1.29 is 4.79 Å². The van der Waals surface area contributed by atoms with Gasteiger partial charge < -0.3 is 5.32 Å². The fraction of sp³-hybridized carbons (Fsp3) is 0.800. The second kappa shape index (κ2) is 7.31. The second-order valence-electron chi connectivity index (χ2n) is 6.36. The van der Waals surface area contributed by atoms with Gasteiger partial charge in [-0.05, 0) is 31.7 Å². The Kier molecular flexibility index (Phi) is 5.70. The van der Waals surface area contributed by atoms with Crippen LogP contribution in [0.1, 0.15) is 51.5 Å². The lowest BCUT2D eigenvalue weighted by Gasteiger charge is -2.35. The maximum absolute atomic E-state index is 12.7. The van der Waals surface area contributed by atoms with Gasteiger partial charge in [-0.15, -0.1) is 10.2 Å². The summed E-state index contributed by atoms with van der Waals surface area (Å²) in [5, 5.41) is 16.3. The molecule has 1 aliphatic heterocycles. The van der Waals surface area contributed by atoms with Crippen molar-refractivity contribution in [3.63, 3.8) is 0 Å². The van der Waals surface area contributed by atoms with E-state index in [1.165, 1.54) is 11.3 Å². The average Bonchev–Trinajstić information content (AvgIpc) is 2.86. The van der Waals surface area contributed by atoms with Gasteiger partial charge in [-0.25, -0.2) is 0 Å². The van der Waals surface area contributed by atoms with E-state index in [1.54, 1.807) is 0 Å². The maximum atomic E-state index is 12.7. The first-order valence-electron chi connectivity index (χ1n) is 7.90. The van der Waals surface area contributed by atoms with Gasteiger partial charge in [0, 0.05) is 13.0 Å². The number of hydrogen-bond donors (Lipinski definition) is 2. The normalized spacial score (nSPS) is 22.5. The summed E-state index contributed by atoms with van der Waals surface area (Å²) in [6, 6.07) is 0. The average molecular weight is 310 g/mol. The van der Waals surface area contributed by atoms with Crippen LogP contribution in [0.25, 0.3) is 0 Å². The SMILES string of the molecule is CCCC1(C(=O)Nc2nnc(CC(C)C)s2)CCCNC1. The molecule has 1 unspecified atom stereocenters. The van der Waals surface area contributed by atoms with E-state index in [-0.39, 0.29) is 11.3 Å². The van der Waals surface area contributed by atoms with Crippen molar-refractivity contribution in [1.82, 2.24) is 15.5 Å². The van der Waals surface area contributed by atoms with Crippen LogP contribution in [0.4, 0.5) is 5.13 Å². The number of carbonyl (C=O) groups is 1. The van der Waals surface area contributed by atoms with Gasteiger partial charge in [-0.1, -0.05) is 38.5 Å². The van der Waals surface area contributed by atoms with E-state index in [2.05, 4.69) is 41.6 Å². The van der Waals surface area contributed by atoms with Crippen LogP contribution in [0.3, 0.4) is 0 Å². The van der Waals surface area contributed by atoms with E-state index in [1.807, 2.05) is 0 Å². The summed E-state index contributed by atoms with van der Waals surface area (Å²) in [5.41, 5.74) is -0.281. The Bertz CT molecular complexity index is 460. The molecule has 1 atom stereocenters. The third kappa shape index (κ3) is 4.23. The van der Waals surface area contributed by atoms with Crippen LogP contribution in [0.2, 0.25) is 0 Å². The molecule has 0 bridgehead atoms. The maximum Gasteiger partial charge on any atom is 0.233 e. The molecule has 5 nitrogen and oxygen atoms in total. The minimum absolute atomic E-state index is 0.101. The van der Waals surface area contributed by atoms with Crippen molar-refractivity contribution in [2.45, 2.75) is 52.9 Å². The Morgan fingerprint density at radius 1 is 1.48 bits per heavy atom. The molecule has 2 rings (SSSR count). The topological polar surface area (TPSA) is 66.9 Å². The highest BCUT2D eigenvalue weighted by Gasteiger charge is 2.39. The Labute approximate surface area is 130 Å². The van der Waals surface area contributed by atoms with Gasteiger partial charge in [0.2, 0.25) is 11.0 Å². The van der Waals surface area contributed by atoms with E-state index in [4.69, 9.17) is 0 Å². The number of aromatic nitrogens is 2. The number of nitrogens with zero attached hydrogens (tertiary/aromatic N) is 2. The molecule has 0 aromatic carbocycles. The van der Waals surface area contributed by atoms with Crippen LogP contribution < -0.4 is 10.6 Å². The third-order valence-corrected chi connectivity index (χ3v) is 4.81. The van der Waals surface area contributed by atoms with Crippen molar-refractivity contribution in [2.75, 3.05) is 18.4 Å².